The van der Waals surface area contributed by atoms with E-state index in [1.807, 2.05) is 0 Å². The van der Waals surface area contributed by atoms with Gasteiger partial charge < -0.3 is 10.1 Å². The molecule has 3 rings (SSSR count). The molecule has 3 aromatic rings. The van der Waals surface area contributed by atoms with Gasteiger partial charge in [0, 0.05) is 23.3 Å². The normalized spacial score (nSPS) is 12.0. The van der Waals surface area contributed by atoms with Crippen LogP contribution in [0.2, 0.25) is 5.28 Å². The van der Waals surface area contributed by atoms with E-state index in [9.17, 15) is 18.3 Å². The van der Waals surface area contributed by atoms with Gasteiger partial charge in [0.25, 0.3) is 0 Å². The number of hydrogen-bond acceptors (Lipinski definition) is 3. The van der Waals surface area contributed by atoms with Gasteiger partial charge in [0.1, 0.15) is 11.3 Å². The van der Waals surface area contributed by atoms with Crippen LogP contribution in [0, 0.1) is 0 Å². The van der Waals surface area contributed by atoms with Crippen LogP contribution in [0.4, 0.5) is 13.2 Å². The molecular formula is C13H6BrClF3N3O. The number of aromatic amines is 1. The lowest BCUT2D eigenvalue weighted by Crippen LogP contribution is -2.09. The van der Waals surface area contributed by atoms with E-state index in [1.165, 1.54) is 18.3 Å². The number of hydrogen-bond donors (Lipinski definition) is 2. The third-order valence-corrected chi connectivity index (χ3v) is 4.08. The maximum absolute atomic E-state index is 13.1. The molecule has 0 unspecified atom stereocenters. The predicted octanol–water partition coefficient (Wildman–Crippen LogP) is 4.77. The number of fused-ring (bicyclic) bond motifs is 1. The number of halogens is 5. The van der Waals surface area contributed by atoms with Gasteiger partial charge in [-0.15, -0.1) is 0 Å². The molecule has 0 aliphatic carbocycles. The Morgan fingerprint density at radius 3 is 2.68 bits per heavy atom. The molecule has 2 N–H and O–H groups in total. The minimum absolute atomic E-state index is 0.0299. The standard InChI is InChI=1S/C13H6BrClF3N3O/c14-9-8(22)2-1-5-6(3-19-11(5)9)10-7(13(16,17)18)4-20-12(15)21-10/h1-4,19,22H. The zero-order valence-corrected chi connectivity index (χ0v) is 12.9. The highest BCUT2D eigenvalue weighted by Crippen LogP contribution is 2.41. The number of nitrogens with zero attached hydrogens (tertiary/aromatic N) is 2. The summed E-state index contributed by atoms with van der Waals surface area (Å²) >= 11 is 8.82. The third kappa shape index (κ3) is 2.42. The second-order valence-corrected chi connectivity index (χ2v) is 5.55. The minimum atomic E-state index is -4.61. The Morgan fingerprint density at radius 2 is 2.00 bits per heavy atom. The molecular weight excluding hydrogens is 387 g/mol. The molecule has 0 amide bonds. The second-order valence-electron chi connectivity index (χ2n) is 4.42. The molecule has 4 nitrogen and oxygen atoms in total. The Morgan fingerprint density at radius 1 is 1.27 bits per heavy atom. The van der Waals surface area contributed by atoms with Crippen molar-refractivity contribution < 1.29 is 18.3 Å². The first kappa shape index (κ1) is 15.1. The molecule has 1 aromatic carbocycles. The van der Waals surface area contributed by atoms with E-state index in [1.54, 1.807) is 0 Å². The van der Waals surface area contributed by atoms with Crippen molar-refractivity contribution in [3.05, 3.63) is 39.8 Å². The number of alkyl halides is 3. The Hall–Kier alpha value is -1.80. The summed E-state index contributed by atoms with van der Waals surface area (Å²) in [5, 5.41) is 9.81. The van der Waals surface area contributed by atoms with Gasteiger partial charge in [-0.25, -0.2) is 9.97 Å². The molecule has 22 heavy (non-hydrogen) atoms. The summed E-state index contributed by atoms with van der Waals surface area (Å²) < 4.78 is 39.8. The van der Waals surface area contributed by atoms with Crippen LogP contribution in [0.25, 0.3) is 22.2 Å². The summed E-state index contributed by atoms with van der Waals surface area (Å²) in [5.74, 6) is -0.0299. The van der Waals surface area contributed by atoms with Gasteiger partial charge in [0.15, 0.2) is 0 Å². The van der Waals surface area contributed by atoms with Crippen LogP contribution in [-0.4, -0.2) is 20.1 Å². The molecule has 0 saturated carbocycles. The van der Waals surface area contributed by atoms with Crippen LogP contribution in [0.15, 0.2) is 29.0 Å². The van der Waals surface area contributed by atoms with Crippen LogP contribution in [-0.2, 0) is 6.18 Å². The molecule has 0 aliphatic rings. The van der Waals surface area contributed by atoms with E-state index in [4.69, 9.17) is 11.6 Å². The molecule has 2 heterocycles. The first-order valence-electron chi connectivity index (χ1n) is 5.87. The molecule has 114 valence electrons. The zero-order valence-electron chi connectivity index (χ0n) is 10.5. The van der Waals surface area contributed by atoms with Gasteiger partial charge in [-0.2, -0.15) is 13.2 Å². The number of phenols is 1. The Labute approximate surface area is 135 Å². The van der Waals surface area contributed by atoms with Crippen molar-refractivity contribution in [3.63, 3.8) is 0 Å². The molecule has 2 aromatic heterocycles. The summed E-state index contributed by atoms with van der Waals surface area (Å²) in [7, 11) is 0. The van der Waals surface area contributed by atoms with Crippen molar-refractivity contribution in [2.75, 3.05) is 0 Å². The third-order valence-electron chi connectivity index (χ3n) is 3.09. The molecule has 0 saturated heterocycles. The van der Waals surface area contributed by atoms with E-state index in [0.717, 1.165) is 0 Å². The maximum Gasteiger partial charge on any atom is 0.419 e. The van der Waals surface area contributed by atoms with Gasteiger partial charge in [-0.3, -0.25) is 0 Å². The molecule has 0 aliphatic heterocycles. The molecule has 9 heteroatoms. The zero-order chi connectivity index (χ0) is 16.1. The number of aromatic nitrogens is 3. The van der Waals surface area contributed by atoms with Gasteiger partial charge in [-0.1, -0.05) is 0 Å². The average molecular weight is 393 g/mol. The van der Waals surface area contributed by atoms with E-state index < -0.39 is 11.7 Å². The van der Waals surface area contributed by atoms with Crippen molar-refractivity contribution in [1.82, 2.24) is 15.0 Å². The first-order chi connectivity index (χ1) is 10.3. The van der Waals surface area contributed by atoms with E-state index in [2.05, 4.69) is 30.9 Å². The average Bonchev–Trinajstić information content (AvgIpc) is 2.86. The van der Waals surface area contributed by atoms with Gasteiger partial charge >= 0.3 is 6.18 Å². The largest absolute Gasteiger partial charge is 0.507 e. The summed E-state index contributed by atoms with van der Waals surface area (Å²) in [6.45, 7) is 0. The van der Waals surface area contributed by atoms with Crippen molar-refractivity contribution in [2.45, 2.75) is 6.18 Å². The van der Waals surface area contributed by atoms with Crippen molar-refractivity contribution in [3.8, 4) is 17.0 Å². The van der Waals surface area contributed by atoms with Crippen LogP contribution in [0.5, 0.6) is 5.75 Å². The fourth-order valence-electron chi connectivity index (χ4n) is 2.12. The fourth-order valence-corrected chi connectivity index (χ4v) is 2.72. The summed E-state index contributed by atoms with van der Waals surface area (Å²) in [5.41, 5.74) is -0.636. The Kier molecular flexibility index (Phi) is 3.53. The van der Waals surface area contributed by atoms with E-state index >= 15 is 0 Å². The van der Waals surface area contributed by atoms with E-state index in [0.29, 0.717) is 21.6 Å². The second kappa shape index (κ2) is 5.13. The number of phenolic OH excluding ortho intramolecular Hbond substituents is 1. The molecule has 0 atom stereocenters. The number of nitrogens with one attached hydrogen (secondary N) is 1. The highest BCUT2D eigenvalue weighted by molar-refractivity contribution is 9.10. The van der Waals surface area contributed by atoms with Crippen LogP contribution in [0.3, 0.4) is 0 Å². The van der Waals surface area contributed by atoms with Crippen molar-refractivity contribution in [1.29, 1.82) is 0 Å². The SMILES string of the molecule is Oc1ccc2c(-c3nc(Cl)ncc3C(F)(F)F)c[nH]c2c1Br. The quantitative estimate of drug-likeness (QED) is 0.587. The van der Waals surface area contributed by atoms with Gasteiger partial charge in [0.2, 0.25) is 5.28 Å². The van der Waals surface area contributed by atoms with Gasteiger partial charge in [-0.05, 0) is 39.7 Å². The Bertz CT molecular complexity index is 879. The smallest absolute Gasteiger partial charge is 0.419 e. The number of H-pyrrole nitrogens is 1. The monoisotopic (exact) mass is 391 g/mol. The first-order valence-corrected chi connectivity index (χ1v) is 7.05. The topological polar surface area (TPSA) is 61.8 Å². The van der Waals surface area contributed by atoms with Crippen molar-refractivity contribution >= 4 is 38.4 Å². The predicted molar refractivity (Wildman–Crippen MR) is 78.7 cm³/mol. The number of benzene rings is 1. The molecule has 0 radical (unpaired) electrons. The lowest BCUT2D eigenvalue weighted by Gasteiger charge is -2.11. The maximum atomic E-state index is 13.1. The highest BCUT2D eigenvalue weighted by atomic mass is 79.9. The highest BCUT2D eigenvalue weighted by Gasteiger charge is 2.36. The Balaban J connectivity index is 2.33. The van der Waals surface area contributed by atoms with Crippen LogP contribution >= 0.6 is 27.5 Å². The van der Waals surface area contributed by atoms with Crippen molar-refractivity contribution in [2.24, 2.45) is 0 Å². The lowest BCUT2D eigenvalue weighted by molar-refractivity contribution is -0.137. The molecule has 0 fully saturated rings. The van der Waals surface area contributed by atoms with E-state index in [-0.39, 0.29) is 22.3 Å². The summed E-state index contributed by atoms with van der Waals surface area (Å²) in [4.78, 5) is 9.94. The number of aromatic hydroxyl groups is 1. The summed E-state index contributed by atoms with van der Waals surface area (Å²) in [6.07, 6.45) is -2.58. The summed E-state index contributed by atoms with van der Waals surface area (Å²) in [6, 6.07) is 2.87. The minimum Gasteiger partial charge on any atom is -0.507 e. The van der Waals surface area contributed by atoms with Crippen LogP contribution in [0.1, 0.15) is 5.56 Å². The lowest BCUT2D eigenvalue weighted by atomic mass is 10.1. The van der Waals surface area contributed by atoms with Gasteiger partial charge in [0.05, 0.1) is 15.7 Å². The van der Waals surface area contributed by atoms with Crippen LogP contribution < -0.4 is 0 Å². The molecule has 0 bridgehead atoms. The fraction of sp³-hybridized carbons (Fsp3) is 0.0769. The molecule has 0 spiro atoms. The number of rotatable bonds is 1.